The number of phenolic OH excluding ortho intramolecular Hbond substituents is 1. The van der Waals surface area contributed by atoms with Crippen LogP contribution in [0, 0.1) is 10.8 Å². The van der Waals surface area contributed by atoms with Gasteiger partial charge in [0, 0.05) is 23.2 Å². The lowest BCUT2D eigenvalue weighted by molar-refractivity contribution is 0.303. The molecule has 0 aliphatic heterocycles. The lowest BCUT2D eigenvalue weighted by Gasteiger charge is -2.32. The van der Waals surface area contributed by atoms with Gasteiger partial charge < -0.3 is 16.6 Å². The van der Waals surface area contributed by atoms with Gasteiger partial charge in [0.05, 0.1) is 0 Å². The third kappa shape index (κ3) is 3.98. The molecule has 0 aliphatic rings. The van der Waals surface area contributed by atoms with Crippen molar-refractivity contribution in [2.75, 3.05) is 0 Å². The summed E-state index contributed by atoms with van der Waals surface area (Å²) in [4.78, 5) is 0. The summed E-state index contributed by atoms with van der Waals surface area (Å²) in [5, 5.41) is 10.7. The Bertz CT molecular complexity index is 454. The van der Waals surface area contributed by atoms with Gasteiger partial charge in [-0.1, -0.05) is 60.6 Å². The number of nitrogens with two attached hydrogens (primary N) is 2. The van der Waals surface area contributed by atoms with Crippen molar-refractivity contribution in [2.24, 2.45) is 22.3 Å². The lowest BCUT2D eigenvalue weighted by atomic mass is 9.78. The molecule has 120 valence electrons. The quantitative estimate of drug-likeness (QED) is 0.787. The Morgan fingerprint density at radius 3 is 1.48 bits per heavy atom. The van der Waals surface area contributed by atoms with Crippen LogP contribution in [0.15, 0.2) is 12.1 Å². The Hall–Kier alpha value is -1.06. The predicted molar refractivity (Wildman–Crippen MR) is 90.3 cm³/mol. The molecule has 0 heterocycles. The second-order valence-corrected chi connectivity index (χ2v) is 8.16. The second kappa shape index (κ2) is 5.98. The Morgan fingerprint density at radius 2 is 1.24 bits per heavy atom. The van der Waals surface area contributed by atoms with Gasteiger partial charge in [-0.25, -0.2) is 0 Å². The molecule has 1 aromatic rings. The molecular formula is C18H32N2O. The molecule has 0 amide bonds. The van der Waals surface area contributed by atoms with Crippen molar-refractivity contribution >= 4 is 0 Å². The minimum atomic E-state index is -0.227. The van der Waals surface area contributed by atoms with E-state index < -0.39 is 0 Å². The molecule has 0 radical (unpaired) electrons. The van der Waals surface area contributed by atoms with Crippen molar-refractivity contribution in [3.63, 3.8) is 0 Å². The van der Waals surface area contributed by atoms with Gasteiger partial charge in [0.1, 0.15) is 5.75 Å². The summed E-state index contributed by atoms with van der Waals surface area (Å²) in [6.45, 7) is 14.6. The van der Waals surface area contributed by atoms with E-state index in [9.17, 15) is 5.11 Å². The molecule has 0 saturated carbocycles. The predicted octanol–water partition coefficient (Wildman–Crippen LogP) is 4.05. The highest BCUT2D eigenvalue weighted by molar-refractivity contribution is 5.48. The normalized spacial score (nSPS) is 15.9. The Balaban J connectivity index is 3.48. The van der Waals surface area contributed by atoms with Gasteiger partial charge in [-0.05, 0) is 22.8 Å². The van der Waals surface area contributed by atoms with E-state index in [0.29, 0.717) is 0 Å². The molecule has 0 aromatic heterocycles. The number of aryl methyl sites for hydroxylation is 1. The number of aromatic hydroxyl groups is 1. The first kappa shape index (κ1) is 18.0. The van der Waals surface area contributed by atoms with Gasteiger partial charge in [0.25, 0.3) is 0 Å². The Labute approximate surface area is 129 Å². The fraction of sp³-hybridized carbons (Fsp3) is 0.667. The monoisotopic (exact) mass is 292 g/mol. The van der Waals surface area contributed by atoms with Crippen molar-refractivity contribution in [3.8, 4) is 5.75 Å². The molecule has 3 heteroatoms. The number of hydrogen-bond donors (Lipinski definition) is 3. The number of phenols is 1. The van der Waals surface area contributed by atoms with Crippen LogP contribution in [0.1, 0.15) is 77.2 Å². The van der Waals surface area contributed by atoms with Crippen molar-refractivity contribution in [1.82, 2.24) is 0 Å². The first-order valence-electron chi connectivity index (χ1n) is 7.76. The van der Waals surface area contributed by atoms with E-state index in [2.05, 4.69) is 48.5 Å². The topological polar surface area (TPSA) is 72.3 Å². The molecule has 2 atom stereocenters. The van der Waals surface area contributed by atoms with Crippen LogP contribution >= 0.6 is 0 Å². The van der Waals surface area contributed by atoms with Crippen molar-refractivity contribution in [1.29, 1.82) is 0 Å². The van der Waals surface area contributed by atoms with Crippen LogP contribution in [-0.2, 0) is 6.42 Å². The van der Waals surface area contributed by atoms with Gasteiger partial charge >= 0.3 is 0 Å². The third-order valence-corrected chi connectivity index (χ3v) is 4.17. The Kier molecular flexibility index (Phi) is 5.12. The van der Waals surface area contributed by atoms with E-state index in [-0.39, 0.29) is 28.7 Å². The summed E-state index contributed by atoms with van der Waals surface area (Å²) in [7, 11) is 0. The van der Waals surface area contributed by atoms with Crippen LogP contribution in [-0.4, -0.2) is 5.11 Å². The van der Waals surface area contributed by atoms with Crippen LogP contribution in [0.4, 0.5) is 0 Å². The zero-order chi connectivity index (χ0) is 16.6. The molecule has 3 nitrogen and oxygen atoms in total. The molecule has 0 bridgehead atoms. The van der Waals surface area contributed by atoms with Gasteiger partial charge in [0.2, 0.25) is 0 Å². The molecule has 1 aromatic carbocycles. The molecule has 0 fully saturated rings. The van der Waals surface area contributed by atoms with Gasteiger partial charge in [-0.2, -0.15) is 0 Å². The lowest BCUT2D eigenvalue weighted by Crippen LogP contribution is -2.29. The maximum Gasteiger partial charge on any atom is 0.125 e. The zero-order valence-electron chi connectivity index (χ0n) is 14.6. The molecule has 2 unspecified atom stereocenters. The van der Waals surface area contributed by atoms with Crippen LogP contribution < -0.4 is 11.5 Å². The second-order valence-electron chi connectivity index (χ2n) is 8.16. The number of hydrogen-bond acceptors (Lipinski definition) is 3. The highest BCUT2D eigenvalue weighted by Gasteiger charge is 2.30. The van der Waals surface area contributed by atoms with Crippen LogP contribution in [0.3, 0.4) is 0 Å². The van der Waals surface area contributed by atoms with E-state index >= 15 is 0 Å². The van der Waals surface area contributed by atoms with E-state index in [4.69, 9.17) is 11.5 Å². The average Bonchev–Trinajstić information content (AvgIpc) is 2.35. The molecule has 21 heavy (non-hydrogen) atoms. The summed E-state index contributed by atoms with van der Waals surface area (Å²) in [5.41, 5.74) is 15.3. The van der Waals surface area contributed by atoms with Crippen molar-refractivity contribution in [2.45, 2.75) is 67.0 Å². The maximum absolute atomic E-state index is 10.7. The minimum Gasteiger partial charge on any atom is -0.507 e. The summed E-state index contributed by atoms with van der Waals surface area (Å²) in [6, 6.07) is 3.58. The summed E-state index contributed by atoms with van der Waals surface area (Å²) in [5.74, 6) is 0.261. The molecule has 0 spiro atoms. The fourth-order valence-corrected chi connectivity index (χ4v) is 2.36. The van der Waals surface area contributed by atoms with Gasteiger partial charge in [0.15, 0.2) is 0 Å². The number of benzene rings is 1. The van der Waals surface area contributed by atoms with Crippen molar-refractivity contribution < 1.29 is 5.11 Å². The van der Waals surface area contributed by atoms with E-state index in [0.717, 1.165) is 23.1 Å². The summed E-state index contributed by atoms with van der Waals surface area (Å²) < 4.78 is 0. The molecular weight excluding hydrogens is 260 g/mol. The standard InChI is InChI=1S/C18H32N2O/c1-8-11-9-12(15(19)17(2,3)4)14(21)13(10-11)16(20)18(5,6)7/h9-10,15-16,21H,8,19-20H2,1-7H3. The van der Waals surface area contributed by atoms with Crippen LogP contribution in [0.2, 0.25) is 0 Å². The fourth-order valence-electron chi connectivity index (χ4n) is 2.36. The van der Waals surface area contributed by atoms with Crippen molar-refractivity contribution in [3.05, 3.63) is 28.8 Å². The number of rotatable bonds is 3. The summed E-state index contributed by atoms with van der Waals surface area (Å²) >= 11 is 0. The third-order valence-electron chi connectivity index (χ3n) is 4.17. The highest BCUT2D eigenvalue weighted by atomic mass is 16.3. The zero-order valence-corrected chi connectivity index (χ0v) is 14.6. The SMILES string of the molecule is CCc1cc(C(N)C(C)(C)C)c(O)c(C(N)C(C)(C)C)c1. The van der Waals surface area contributed by atoms with Crippen LogP contribution in [0.5, 0.6) is 5.75 Å². The Morgan fingerprint density at radius 1 is 0.905 bits per heavy atom. The highest BCUT2D eigenvalue weighted by Crippen LogP contribution is 2.42. The summed E-state index contributed by atoms with van der Waals surface area (Å²) in [6.07, 6.45) is 0.897. The molecule has 0 saturated heterocycles. The van der Waals surface area contributed by atoms with E-state index in [1.165, 1.54) is 0 Å². The average molecular weight is 292 g/mol. The smallest absolute Gasteiger partial charge is 0.125 e. The largest absolute Gasteiger partial charge is 0.507 e. The maximum atomic E-state index is 10.7. The minimum absolute atomic E-state index is 0.118. The molecule has 5 N–H and O–H groups in total. The molecule has 0 aliphatic carbocycles. The van der Waals surface area contributed by atoms with Crippen LogP contribution in [0.25, 0.3) is 0 Å². The van der Waals surface area contributed by atoms with E-state index in [1.807, 2.05) is 12.1 Å². The van der Waals surface area contributed by atoms with Gasteiger partial charge in [-0.3, -0.25) is 0 Å². The van der Waals surface area contributed by atoms with Gasteiger partial charge in [-0.15, -0.1) is 0 Å². The van der Waals surface area contributed by atoms with E-state index in [1.54, 1.807) is 0 Å². The first-order chi connectivity index (χ1) is 9.39. The molecule has 1 rings (SSSR count). The first-order valence-corrected chi connectivity index (χ1v) is 7.76.